The molecule has 3 aromatic carbocycles. The van der Waals surface area contributed by atoms with Gasteiger partial charge in [0, 0.05) is 5.39 Å². The molecule has 9 nitrogen and oxygen atoms in total. The number of anilines is 1. The minimum atomic E-state index is -0.965. The number of Topliss-reactive ketones (excluding diaryl/α,β-unsaturated/α-hetero) is 1. The zero-order valence-corrected chi connectivity index (χ0v) is 22.7. The van der Waals surface area contributed by atoms with Crippen molar-refractivity contribution in [2.45, 2.75) is 13.0 Å². The van der Waals surface area contributed by atoms with Crippen LogP contribution >= 0.6 is 11.3 Å². The number of benzene rings is 3. The van der Waals surface area contributed by atoms with E-state index in [0.29, 0.717) is 51.0 Å². The second-order valence-corrected chi connectivity index (χ2v) is 10.00. The third-order valence-corrected chi connectivity index (χ3v) is 7.72. The van der Waals surface area contributed by atoms with Crippen LogP contribution in [0.4, 0.5) is 5.13 Å². The zero-order chi connectivity index (χ0) is 28.0. The maximum absolute atomic E-state index is 14.0. The summed E-state index contributed by atoms with van der Waals surface area (Å²) in [6.45, 7) is 2.37. The standard InChI is InChI=1S/C30H24N2O7S/c1-4-38-18-10-8-16(9-11-18)25-24(26(33)22-14-17-6-5-7-21(37-3)28(17)39-22)27(34)29(35)32(25)30-31-20-13-12-19(36-2)15-23(20)40-30/h5-15,25,34H,4H2,1-3H3. The van der Waals surface area contributed by atoms with Gasteiger partial charge < -0.3 is 23.7 Å². The van der Waals surface area contributed by atoms with Crippen LogP contribution in [-0.2, 0) is 4.79 Å². The van der Waals surface area contributed by atoms with Crippen LogP contribution in [0.5, 0.6) is 17.2 Å². The van der Waals surface area contributed by atoms with Crippen LogP contribution in [0.25, 0.3) is 21.2 Å². The Morgan fingerprint density at radius 3 is 2.55 bits per heavy atom. The van der Waals surface area contributed by atoms with E-state index in [-0.39, 0.29) is 11.3 Å². The Labute approximate surface area is 232 Å². The van der Waals surface area contributed by atoms with Crippen LogP contribution in [-0.4, -0.2) is 42.6 Å². The average Bonchev–Trinajstić information content (AvgIpc) is 3.67. The highest BCUT2D eigenvalue weighted by Gasteiger charge is 2.46. The molecule has 202 valence electrons. The van der Waals surface area contributed by atoms with E-state index in [4.69, 9.17) is 18.6 Å². The Morgan fingerprint density at radius 1 is 1.05 bits per heavy atom. The van der Waals surface area contributed by atoms with Crippen molar-refractivity contribution in [1.29, 1.82) is 0 Å². The Kier molecular flexibility index (Phi) is 6.39. The molecule has 3 heterocycles. The second kappa shape index (κ2) is 10.0. The third kappa shape index (κ3) is 4.13. The molecule has 1 N–H and O–H groups in total. The van der Waals surface area contributed by atoms with Gasteiger partial charge in [0.1, 0.15) is 11.5 Å². The first-order valence-electron chi connectivity index (χ1n) is 12.5. The maximum Gasteiger partial charge on any atom is 0.296 e. The highest BCUT2D eigenvalue weighted by atomic mass is 32.1. The smallest absolute Gasteiger partial charge is 0.296 e. The first-order chi connectivity index (χ1) is 19.4. The molecule has 0 spiro atoms. The van der Waals surface area contributed by atoms with Crippen molar-refractivity contribution in [3.63, 3.8) is 0 Å². The van der Waals surface area contributed by atoms with E-state index in [0.717, 1.165) is 4.70 Å². The van der Waals surface area contributed by atoms with Gasteiger partial charge in [0.05, 0.1) is 42.7 Å². The number of para-hydroxylation sites is 1. The van der Waals surface area contributed by atoms with Gasteiger partial charge >= 0.3 is 0 Å². The fourth-order valence-electron chi connectivity index (χ4n) is 4.83. The quantitative estimate of drug-likeness (QED) is 0.224. The summed E-state index contributed by atoms with van der Waals surface area (Å²) in [6, 6.07) is 18.4. The lowest BCUT2D eigenvalue weighted by molar-refractivity contribution is -0.117. The summed E-state index contributed by atoms with van der Waals surface area (Å²) >= 11 is 1.26. The number of ketones is 1. The Bertz CT molecular complexity index is 1800. The molecule has 10 heteroatoms. The summed E-state index contributed by atoms with van der Waals surface area (Å²) in [7, 11) is 3.08. The number of thiazole rings is 1. The number of aromatic nitrogens is 1. The van der Waals surface area contributed by atoms with Gasteiger partial charge in [0.15, 0.2) is 28.0 Å². The van der Waals surface area contributed by atoms with E-state index in [1.54, 1.807) is 67.8 Å². The van der Waals surface area contributed by atoms with Crippen molar-refractivity contribution in [2.75, 3.05) is 25.7 Å². The summed E-state index contributed by atoms with van der Waals surface area (Å²) in [6.07, 6.45) is 0. The van der Waals surface area contributed by atoms with E-state index in [1.165, 1.54) is 23.3 Å². The number of fused-ring (bicyclic) bond motifs is 2. The fourth-order valence-corrected chi connectivity index (χ4v) is 5.85. The average molecular weight is 557 g/mol. The predicted octanol–water partition coefficient (Wildman–Crippen LogP) is 6.24. The molecule has 0 saturated heterocycles. The van der Waals surface area contributed by atoms with Crippen molar-refractivity contribution in [2.24, 2.45) is 0 Å². The van der Waals surface area contributed by atoms with Gasteiger partial charge in [0.25, 0.3) is 5.91 Å². The van der Waals surface area contributed by atoms with Crippen molar-refractivity contribution < 1.29 is 33.3 Å². The Balaban J connectivity index is 1.49. The van der Waals surface area contributed by atoms with Gasteiger partial charge in [-0.1, -0.05) is 35.6 Å². The van der Waals surface area contributed by atoms with Crippen LogP contribution in [0.15, 0.2) is 82.5 Å². The first kappa shape index (κ1) is 25.4. The second-order valence-electron chi connectivity index (χ2n) is 8.99. The Morgan fingerprint density at radius 2 is 1.82 bits per heavy atom. The number of hydrogen-bond donors (Lipinski definition) is 1. The van der Waals surface area contributed by atoms with E-state index >= 15 is 0 Å². The molecule has 0 radical (unpaired) electrons. The summed E-state index contributed by atoms with van der Waals surface area (Å²) in [5.74, 6) is -0.286. The van der Waals surface area contributed by atoms with Crippen molar-refractivity contribution in [3.8, 4) is 17.2 Å². The normalized spacial score (nSPS) is 15.3. The van der Waals surface area contributed by atoms with Crippen LogP contribution in [0.3, 0.4) is 0 Å². The molecule has 0 bridgehead atoms. The van der Waals surface area contributed by atoms with Crippen molar-refractivity contribution in [1.82, 2.24) is 4.98 Å². The number of carbonyl (C=O) groups is 2. The molecule has 40 heavy (non-hydrogen) atoms. The monoisotopic (exact) mass is 556 g/mol. The lowest BCUT2D eigenvalue weighted by atomic mass is 9.95. The maximum atomic E-state index is 14.0. The van der Waals surface area contributed by atoms with Gasteiger partial charge in [0.2, 0.25) is 5.78 Å². The fraction of sp³-hybridized carbons (Fsp3) is 0.167. The SMILES string of the molecule is CCOc1ccc(C2C(C(=O)c3cc4cccc(OC)c4o3)=C(O)C(=O)N2c2nc3ccc(OC)cc3s2)cc1. The zero-order valence-electron chi connectivity index (χ0n) is 21.8. The summed E-state index contributed by atoms with van der Waals surface area (Å²) < 4.78 is 23.0. The molecule has 1 aliphatic heterocycles. The van der Waals surface area contributed by atoms with E-state index < -0.39 is 23.5 Å². The number of amides is 1. The van der Waals surface area contributed by atoms with Crippen LogP contribution in [0.2, 0.25) is 0 Å². The molecular formula is C30H24N2O7S. The number of furan rings is 1. The number of carbonyl (C=O) groups excluding carboxylic acids is 2. The molecule has 5 aromatic rings. The van der Waals surface area contributed by atoms with Gasteiger partial charge in [-0.3, -0.25) is 14.5 Å². The lowest BCUT2D eigenvalue weighted by Crippen LogP contribution is -2.30. The van der Waals surface area contributed by atoms with Crippen molar-refractivity contribution >= 4 is 49.3 Å². The van der Waals surface area contributed by atoms with Gasteiger partial charge in [-0.2, -0.15) is 0 Å². The highest BCUT2D eigenvalue weighted by Crippen LogP contribution is 2.45. The number of methoxy groups -OCH3 is 2. The Hall–Kier alpha value is -4.83. The molecule has 0 aliphatic carbocycles. The lowest BCUT2D eigenvalue weighted by Gasteiger charge is -2.24. The molecule has 1 aliphatic rings. The number of ether oxygens (including phenoxy) is 3. The number of hydrogen-bond acceptors (Lipinski definition) is 9. The number of aliphatic hydroxyl groups is 1. The summed E-state index contributed by atoms with van der Waals surface area (Å²) in [5, 5.41) is 12.1. The molecule has 1 amide bonds. The topological polar surface area (TPSA) is 111 Å². The first-order valence-corrected chi connectivity index (χ1v) is 13.3. The van der Waals surface area contributed by atoms with Crippen molar-refractivity contribution in [3.05, 3.63) is 89.4 Å². The predicted molar refractivity (Wildman–Crippen MR) is 151 cm³/mol. The minimum Gasteiger partial charge on any atom is -0.503 e. The number of nitrogens with zero attached hydrogens (tertiary/aromatic N) is 2. The molecule has 1 atom stereocenters. The van der Waals surface area contributed by atoms with Gasteiger partial charge in [-0.05, 0) is 55.0 Å². The van der Waals surface area contributed by atoms with E-state index in [2.05, 4.69) is 4.98 Å². The highest BCUT2D eigenvalue weighted by molar-refractivity contribution is 7.22. The number of rotatable bonds is 8. The van der Waals surface area contributed by atoms with Gasteiger partial charge in [-0.25, -0.2) is 4.98 Å². The third-order valence-electron chi connectivity index (χ3n) is 6.70. The molecule has 2 aromatic heterocycles. The molecule has 0 saturated carbocycles. The minimum absolute atomic E-state index is 0.0272. The largest absolute Gasteiger partial charge is 0.503 e. The van der Waals surface area contributed by atoms with Crippen LogP contribution in [0, 0.1) is 0 Å². The molecule has 1 unspecified atom stereocenters. The number of aliphatic hydroxyl groups excluding tert-OH is 1. The summed E-state index contributed by atoms with van der Waals surface area (Å²) in [5.41, 5.74) is 1.54. The molecule has 0 fully saturated rings. The molecule has 6 rings (SSSR count). The van der Waals surface area contributed by atoms with E-state index in [9.17, 15) is 14.7 Å². The van der Waals surface area contributed by atoms with Crippen LogP contribution < -0.4 is 19.1 Å². The van der Waals surface area contributed by atoms with E-state index in [1.807, 2.05) is 13.0 Å². The van der Waals surface area contributed by atoms with Crippen LogP contribution in [0.1, 0.15) is 29.1 Å². The van der Waals surface area contributed by atoms with Gasteiger partial charge in [-0.15, -0.1) is 0 Å². The summed E-state index contributed by atoms with van der Waals surface area (Å²) in [4.78, 5) is 33.6. The molecular weight excluding hydrogens is 532 g/mol.